The summed E-state index contributed by atoms with van der Waals surface area (Å²) in [4.78, 5) is 0. The zero-order valence-electron chi connectivity index (χ0n) is 7.61. The molecule has 0 bridgehead atoms. The molecule has 0 aliphatic carbocycles. The first-order valence-corrected chi connectivity index (χ1v) is 5.53. The second-order valence-corrected chi connectivity index (χ2v) is 3.98. The highest BCUT2D eigenvalue weighted by molar-refractivity contribution is 9.09. The van der Waals surface area contributed by atoms with Crippen LogP contribution in [0.25, 0.3) is 0 Å². The summed E-state index contributed by atoms with van der Waals surface area (Å²) >= 11 is 3.39. The molecule has 0 N–H and O–H groups in total. The number of unbranched alkanes of at least 4 members (excludes halogenated alkanes) is 1. The van der Waals surface area contributed by atoms with E-state index in [0.29, 0.717) is 0 Å². The van der Waals surface area contributed by atoms with Gasteiger partial charge in [-0.25, -0.2) is 0 Å². The minimum absolute atomic E-state index is 0.770. The third kappa shape index (κ3) is 10.4. The zero-order valence-corrected chi connectivity index (χ0v) is 9.19. The summed E-state index contributed by atoms with van der Waals surface area (Å²) in [5, 5.41) is 1.10. The van der Waals surface area contributed by atoms with Crippen LogP contribution in [-0.4, -0.2) is 18.5 Å². The van der Waals surface area contributed by atoms with Crippen LogP contribution in [0.4, 0.5) is 0 Å². The lowest BCUT2D eigenvalue weighted by molar-refractivity contribution is 0.121. The molecule has 0 saturated carbocycles. The van der Waals surface area contributed by atoms with Crippen LogP contribution in [0.2, 0.25) is 0 Å². The lowest BCUT2D eigenvalue weighted by Crippen LogP contribution is -2.00. The van der Waals surface area contributed by atoms with E-state index in [1.807, 2.05) is 0 Å². The van der Waals surface area contributed by atoms with Crippen molar-refractivity contribution in [2.45, 2.75) is 33.1 Å². The fourth-order valence-electron chi connectivity index (χ4n) is 0.720. The van der Waals surface area contributed by atoms with E-state index in [1.165, 1.54) is 19.3 Å². The van der Waals surface area contributed by atoms with Crippen molar-refractivity contribution >= 4 is 15.9 Å². The van der Waals surface area contributed by atoms with Crippen LogP contribution < -0.4 is 0 Å². The molecule has 0 fully saturated rings. The summed E-state index contributed by atoms with van der Waals surface area (Å²) in [7, 11) is 0. The van der Waals surface area contributed by atoms with Crippen molar-refractivity contribution in [2.75, 3.05) is 18.5 Å². The van der Waals surface area contributed by atoms with Gasteiger partial charge in [0, 0.05) is 18.5 Å². The van der Waals surface area contributed by atoms with Crippen LogP contribution in [0, 0.1) is 5.92 Å². The Morgan fingerprint density at radius 3 is 2.45 bits per heavy atom. The van der Waals surface area contributed by atoms with E-state index in [4.69, 9.17) is 4.74 Å². The van der Waals surface area contributed by atoms with Gasteiger partial charge in [0.1, 0.15) is 0 Å². The van der Waals surface area contributed by atoms with E-state index in [0.717, 1.165) is 24.5 Å². The van der Waals surface area contributed by atoms with Crippen LogP contribution in [0.1, 0.15) is 33.1 Å². The zero-order chi connectivity index (χ0) is 8.53. The molecule has 0 aromatic carbocycles. The summed E-state index contributed by atoms with van der Waals surface area (Å²) in [6.07, 6.45) is 3.60. The van der Waals surface area contributed by atoms with E-state index < -0.39 is 0 Å². The second kappa shape index (κ2) is 8.54. The summed E-state index contributed by atoms with van der Waals surface area (Å²) in [5.41, 5.74) is 0. The quantitative estimate of drug-likeness (QED) is 0.475. The normalized spacial score (nSPS) is 10.9. The molecular weight excluding hydrogens is 204 g/mol. The van der Waals surface area contributed by atoms with Crippen molar-refractivity contribution in [3.05, 3.63) is 0 Å². The predicted octanol–water partition coefficient (Wildman–Crippen LogP) is 3.22. The molecule has 0 heterocycles. The molecule has 0 atom stereocenters. The molecule has 11 heavy (non-hydrogen) atoms. The monoisotopic (exact) mass is 222 g/mol. The van der Waals surface area contributed by atoms with E-state index in [-0.39, 0.29) is 0 Å². The van der Waals surface area contributed by atoms with Crippen LogP contribution in [0.3, 0.4) is 0 Å². The van der Waals surface area contributed by atoms with Gasteiger partial charge in [-0.15, -0.1) is 0 Å². The van der Waals surface area contributed by atoms with Crippen molar-refractivity contribution < 1.29 is 4.74 Å². The fraction of sp³-hybridized carbons (Fsp3) is 1.00. The van der Waals surface area contributed by atoms with Crippen LogP contribution in [0.5, 0.6) is 0 Å². The molecule has 0 unspecified atom stereocenters. The van der Waals surface area contributed by atoms with Crippen molar-refractivity contribution in [2.24, 2.45) is 5.92 Å². The summed E-state index contributed by atoms with van der Waals surface area (Å²) in [6.45, 7) is 6.31. The Hall–Kier alpha value is 0.440. The first-order chi connectivity index (χ1) is 5.27. The highest BCUT2D eigenvalue weighted by Gasteiger charge is 1.93. The Bertz CT molecular complexity index is 74.0. The Kier molecular flexibility index (Phi) is 8.88. The van der Waals surface area contributed by atoms with E-state index in [1.54, 1.807) is 0 Å². The second-order valence-electron chi connectivity index (χ2n) is 3.19. The predicted molar refractivity (Wildman–Crippen MR) is 53.3 cm³/mol. The average molecular weight is 223 g/mol. The molecule has 0 aromatic heterocycles. The molecule has 0 aromatic rings. The molecule has 0 radical (unpaired) electrons. The van der Waals surface area contributed by atoms with Crippen molar-refractivity contribution in [1.29, 1.82) is 0 Å². The number of hydrogen-bond acceptors (Lipinski definition) is 1. The minimum Gasteiger partial charge on any atom is -0.381 e. The number of halogens is 1. The largest absolute Gasteiger partial charge is 0.381 e. The molecule has 0 saturated heterocycles. The maximum absolute atomic E-state index is 5.43. The molecular formula is C9H19BrO. The summed E-state index contributed by atoms with van der Waals surface area (Å²) < 4.78 is 5.43. The van der Waals surface area contributed by atoms with Crippen molar-refractivity contribution in [1.82, 2.24) is 0 Å². The molecule has 0 aliphatic heterocycles. The Morgan fingerprint density at radius 2 is 1.91 bits per heavy atom. The van der Waals surface area contributed by atoms with Gasteiger partial charge in [-0.1, -0.05) is 29.8 Å². The first-order valence-electron chi connectivity index (χ1n) is 4.41. The molecule has 68 valence electrons. The SMILES string of the molecule is CC(C)CCOCCCCBr. The number of ether oxygens (including phenoxy) is 1. The van der Waals surface area contributed by atoms with E-state index >= 15 is 0 Å². The third-order valence-electron chi connectivity index (χ3n) is 1.51. The fourth-order valence-corrected chi connectivity index (χ4v) is 1.12. The minimum atomic E-state index is 0.770. The standard InChI is InChI=1S/C9H19BrO/c1-9(2)5-8-11-7-4-3-6-10/h9H,3-8H2,1-2H3. The number of hydrogen-bond donors (Lipinski definition) is 0. The first kappa shape index (κ1) is 11.4. The Labute approximate surface area is 78.6 Å². The van der Waals surface area contributed by atoms with E-state index in [9.17, 15) is 0 Å². The summed E-state index contributed by atoms with van der Waals surface area (Å²) in [6, 6.07) is 0. The van der Waals surface area contributed by atoms with E-state index in [2.05, 4.69) is 29.8 Å². The average Bonchev–Trinajstić information content (AvgIpc) is 1.96. The topological polar surface area (TPSA) is 9.23 Å². The third-order valence-corrected chi connectivity index (χ3v) is 2.07. The lowest BCUT2D eigenvalue weighted by Gasteiger charge is -2.05. The highest BCUT2D eigenvalue weighted by atomic mass is 79.9. The molecule has 0 rings (SSSR count). The van der Waals surface area contributed by atoms with Gasteiger partial charge in [-0.05, 0) is 25.2 Å². The van der Waals surface area contributed by atoms with Crippen LogP contribution in [-0.2, 0) is 4.74 Å². The van der Waals surface area contributed by atoms with Gasteiger partial charge in [0.25, 0.3) is 0 Å². The van der Waals surface area contributed by atoms with Gasteiger partial charge in [0.05, 0.1) is 0 Å². The summed E-state index contributed by atoms with van der Waals surface area (Å²) in [5.74, 6) is 0.770. The van der Waals surface area contributed by atoms with Gasteiger partial charge >= 0.3 is 0 Å². The molecule has 1 nitrogen and oxygen atoms in total. The smallest absolute Gasteiger partial charge is 0.0468 e. The maximum Gasteiger partial charge on any atom is 0.0468 e. The maximum atomic E-state index is 5.43. The van der Waals surface area contributed by atoms with Gasteiger partial charge < -0.3 is 4.74 Å². The van der Waals surface area contributed by atoms with Crippen molar-refractivity contribution in [3.8, 4) is 0 Å². The van der Waals surface area contributed by atoms with Crippen LogP contribution >= 0.6 is 15.9 Å². The number of alkyl halides is 1. The highest BCUT2D eigenvalue weighted by Crippen LogP contribution is 2.00. The number of rotatable bonds is 7. The van der Waals surface area contributed by atoms with Gasteiger partial charge in [-0.3, -0.25) is 0 Å². The van der Waals surface area contributed by atoms with Gasteiger partial charge in [0.15, 0.2) is 0 Å². The van der Waals surface area contributed by atoms with Gasteiger partial charge in [-0.2, -0.15) is 0 Å². The Morgan fingerprint density at radius 1 is 1.18 bits per heavy atom. The van der Waals surface area contributed by atoms with Crippen LogP contribution in [0.15, 0.2) is 0 Å². The lowest BCUT2D eigenvalue weighted by atomic mass is 10.1. The Balaban J connectivity index is 2.80. The van der Waals surface area contributed by atoms with Crippen molar-refractivity contribution in [3.63, 3.8) is 0 Å². The molecule has 2 heteroatoms. The molecule has 0 spiro atoms. The molecule has 0 amide bonds. The molecule has 0 aliphatic rings. The van der Waals surface area contributed by atoms with Gasteiger partial charge in [0.2, 0.25) is 0 Å².